The summed E-state index contributed by atoms with van der Waals surface area (Å²) in [6, 6.07) is 2.61. The second-order valence-corrected chi connectivity index (χ2v) is 5.39. The van der Waals surface area contributed by atoms with Gasteiger partial charge in [-0.25, -0.2) is 0 Å². The second kappa shape index (κ2) is 4.66. The van der Waals surface area contributed by atoms with E-state index in [4.69, 9.17) is 4.52 Å². The van der Waals surface area contributed by atoms with Crippen LogP contribution in [0.25, 0.3) is 0 Å². The summed E-state index contributed by atoms with van der Waals surface area (Å²) in [5, 5.41) is 3.84. The number of halogens is 1. The van der Waals surface area contributed by atoms with Crippen molar-refractivity contribution in [2.75, 3.05) is 6.54 Å². The Morgan fingerprint density at radius 2 is 2.33 bits per heavy atom. The molecule has 1 saturated heterocycles. The maximum atomic E-state index is 5.21. The fourth-order valence-corrected chi connectivity index (χ4v) is 2.49. The van der Waals surface area contributed by atoms with Gasteiger partial charge in [0, 0.05) is 18.7 Å². The molecule has 0 spiro atoms. The molecule has 0 saturated carbocycles. The Bertz CT molecular complexity index is 326. The van der Waals surface area contributed by atoms with Crippen LogP contribution in [0, 0.1) is 5.92 Å². The lowest BCUT2D eigenvalue weighted by Gasteiger charge is -2.35. The summed E-state index contributed by atoms with van der Waals surface area (Å²) in [5.74, 6) is 1.75. The average molecular weight is 273 g/mol. The quantitative estimate of drug-likeness (QED) is 0.829. The van der Waals surface area contributed by atoms with Gasteiger partial charge in [0.05, 0.1) is 6.54 Å². The first kappa shape index (κ1) is 11.1. The minimum Gasteiger partial charge on any atom is -0.359 e. The van der Waals surface area contributed by atoms with E-state index in [1.165, 1.54) is 19.4 Å². The fraction of sp³-hybridized carbons (Fsp3) is 0.727. The molecule has 1 aromatic heterocycles. The number of hydrogen-bond acceptors (Lipinski definition) is 3. The van der Waals surface area contributed by atoms with Gasteiger partial charge in [0.1, 0.15) is 4.60 Å². The van der Waals surface area contributed by atoms with Crippen LogP contribution in [0.2, 0.25) is 0 Å². The van der Waals surface area contributed by atoms with Gasteiger partial charge in [0.2, 0.25) is 0 Å². The number of nitrogens with zero attached hydrogens (tertiary/aromatic N) is 2. The molecule has 2 rings (SSSR count). The summed E-state index contributed by atoms with van der Waals surface area (Å²) in [7, 11) is 0. The van der Waals surface area contributed by atoms with Crippen LogP contribution >= 0.6 is 15.9 Å². The molecule has 1 fully saturated rings. The monoisotopic (exact) mass is 272 g/mol. The normalized spacial score (nSPS) is 28.2. The van der Waals surface area contributed by atoms with Gasteiger partial charge < -0.3 is 4.52 Å². The summed E-state index contributed by atoms with van der Waals surface area (Å²) < 4.78 is 6.00. The summed E-state index contributed by atoms with van der Waals surface area (Å²) in [5.41, 5.74) is 0. The van der Waals surface area contributed by atoms with Gasteiger partial charge in [-0.05, 0) is 41.6 Å². The van der Waals surface area contributed by atoms with E-state index in [2.05, 4.69) is 39.8 Å². The first-order chi connectivity index (χ1) is 7.15. The van der Waals surface area contributed by atoms with Gasteiger partial charge >= 0.3 is 0 Å². The van der Waals surface area contributed by atoms with Crippen molar-refractivity contribution >= 4 is 15.9 Å². The molecule has 0 radical (unpaired) electrons. The summed E-state index contributed by atoms with van der Waals surface area (Å²) in [4.78, 5) is 2.47. The zero-order valence-electron chi connectivity index (χ0n) is 9.24. The molecule has 2 heterocycles. The average Bonchev–Trinajstić information content (AvgIpc) is 2.58. The maximum absolute atomic E-state index is 5.21. The molecule has 4 heteroatoms. The SMILES string of the molecule is CC1CCC(C)N(Cc2cc(Br)no2)C1. The van der Waals surface area contributed by atoms with Crippen molar-refractivity contribution in [3.8, 4) is 0 Å². The molecule has 15 heavy (non-hydrogen) atoms. The van der Waals surface area contributed by atoms with E-state index >= 15 is 0 Å². The van der Waals surface area contributed by atoms with Crippen LogP contribution in [-0.4, -0.2) is 22.6 Å². The molecule has 3 nitrogen and oxygen atoms in total. The van der Waals surface area contributed by atoms with Crippen LogP contribution in [-0.2, 0) is 6.54 Å². The molecule has 0 aromatic carbocycles. The molecule has 2 unspecified atom stereocenters. The van der Waals surface area contributed by atoms with E-state index in [9.17, 15) is 0 Å². The van der Waals surface area contributed by atoms with Crippen molar-refractivity contribution in [2.24, 2.45) is 5.92 Å². The van der Waals surface area contributed by atoms with Crippen LogP contribution in [0.3, 0.4) is 0 Å². The van der Waals surface area contributed by atoms with E-state index in [1.54, 1.807) is 0 Å². The fourth-order valence-electron chi connectivity index (χ4n) is 2.16. The van der Waals surface area contributed by atoms with E-state index in [0.29, 0.717) is 6.04 Å². The van der Waals surface area contributed by atoms with Crippen LogP contribution in [0.5, 0.6) is 0 Å². The Kier molecular flexibility index (Phi) is 3.46. The predicted molar refractivity (Wildman–Crippen MR) is 62.5 cm³/mol. The predicted octanol–water partition coefficient (Wildman–Crippen LogP) is 3.06. The molecular formula is C11H17BrN2O. The summed E-state index contributed by atoms with van der Waals surface area (Å²) >= 11 is 3.30. The lowest BCUT2D eigenvalue weighted by Crippen LogP contribution is -2.40. The summed E-state index contributed by atoms with van der Waals surface area (Å²) in [6.45, 7) is 6.65. The summed E-state index contributed by atoms with van der Waals surface area (Å²) in [6.07, 6.45) is 2.63. The highest BCUT2D eigenvalue weighted by molar-refractivity contribution is 9.10. The molecule has 2 atom stereocenters. The number of piperidine rings is 1. The smallest absolute Gasteiger partial charge is 0.151 e. The molecule has 0 aliphatic carbocycles. The van der Waals surface area contributed by atoms with Gasteiger partial charge in [-0.3, -0.25) is 4.90 Å². The van der Waals surface area contributed by atoms with E-state index in [-0.39, 0.29) is 0 Å². The number of aromatic nitrogens is 1. The van der Waals surface area contributed by atoms with Crippen LogP contribution < -0.4 is 0 Å². The van der Waals surface area contributed by atoms with Gasteiger partial charge in [0.25, 0.3) is 0 Å². The molecule has 1 aromatic rings. The largest absolute Gasteiger partial charge is 0.359 e. The maximum Gasteiger partial charge on any atom is 0.151 e. The molecule has 84 valence electrons. The van der Waals surface area contributed by atoms with Crippen molar-refractivity contribution in [2.45, 2.75) is 39.3 Å². The van der Waals surface area contributed by atoms with Crippen LogP contribution in [0.1, 0.15) is 32.4 Å². The van der Waals surface area contributed by atoms with Crippen molar-refractivity contribution in [3.63, 3.8) is 0 Å². The minimum atomic E-state index is 0.657. The third-order valence-electron chi connectivity index (χ3n) is 3.14. The Hall–Kier alpha value is -0.350. The van der Waals surface area contributed by atoms with Crippen molar-refractivity contribution in [1.82, 2.24) is 10.1 Å². The third kappa shape index (κ3) is 2.82. The minimum absolute atomic E-state index is 0.657. The lowest BCUT2D eigenvalue weighted by atomic mass is 9.95. The molecule has 1 aliphatic heterocycles. The standard InChI is InChI=1S/C11H17BrN2O/c1-8-3-4-9(2)14(6-8)7-10-5-11(12)13-15-10/h5,8-9H,3-4,6-7H2,1-2H3. The molecule has 0 amide bonds. The Labute approximate surface area is 98.9 Å². The lowest BCUT2D eigenvalue weighted by molar-refractivity contribution is 0.106. The highest BCUT2D eigenvalue weighted by Gasteiger charge is 2.23. The van der Waals surface area contributed by atoms with Crippen molar-refractivity contribution < 1.29 is 4.52 Å². The van der Waals surface area contributed by atoms with Crippen molar-refractivity contribution in [1.29, 1.82) is 0 Å². The Balaban J connectivity index is 1.98. The number of hydrogen-bond donors (Lipinski definition) is 0. The van der Waals surface area contributed by atoms with Gasteiger partial charge in [-0.15, -0.1) is 0 Å². The van der Waals surface area contributed by atoms with Crippen LogP contribution in [0.4, 0.5) is 0 Å². The van der Waals surface area contributed by atoms with Gasteiger partial charge in [-0.2, -0.15) is 0 Å². The first-order valence-corrected chi connectivity index (χ1v) is 6.29. The van der Waals surface area contributed by atoms with Crippen LogP contribution in [0.15, 0.2) is 15.2 Å². The molecule has 0 bridgehead atoms. The Morgan fingerprint density at radius 1 is 1.53 bits per heavy atom. The molecule has 0 N–H and O–H groups in total. The third-order valence-corrected chi connectivity index (χ3v) is 3.51. The van der Waals surface area contributed by atoms with E-state index < -0.39 is 0 Å². The highest BCUT2D eigenvalue weighted by Crippen LogP contribution is 2.23. The Morgan fingerprint density at radius 3 is 3.00 bits per heavy atom. The first-order valence-electron chi connectivity index (χ1n) is 5.50. The van der Waals surface area contributed by atoms with E-state index in [0.717, 1.165) is 22.8 Å². The topological polar surface area (TPSA) is 29.3 Å². The molecule has 1 aliphatic rings. The van der Waals surface area contributed by atoms with Crippen molar-refractivity contribution in [3.05, 3.63) is 16.4 Å². The zero-order valence-corrected chi connectivity index (χ0v) is 10.8. The second-order valence-electron chi connectivity index (χ2n) is 4.58. The number of rotatable bonds is 2. The zero-order chi connectivity index (χ0) is 10.8. The van der Waals surface area contributed by atoms with E-state index in [1.807, 2.05) is 6.07 Å². The van der Waals surface area contributed by atoms with Gasteiger partial charge in [-0.1, -0.05) is 12.1 Å². The molecular weight excluding hydrogens is 256 g/mol. The number of likely N-dealkylation sites (tertiary alicyclic amines) is 1. The highest BCUT2D eigenvalue weighted by atomic mass is 79.9. The van der Waals surface area contributed by atoms with Gasteiger partial charge in [0.15, 0.2) is 5.76 Å².